The number of ether oxygens (including phenoxy) is 1. The Bertz CT molecular complexity index is 432. The zero-order valence-electron chi connectivity index (χ0n) is 12.0. The zero-order valence-corrected chi connectivity index (χ0v) is 13.6. The minimum Gasteiger partial charge on any atom is -0.380 e. The molecule has 0 spiro atoms. The molecular formula is C15H22BrNO2. The summed E-state index contributed by atoms with van der Waals surface area (Å²) in [5.74, 6) is 0.292. The quantitative estimate of drug-likeness (QED) is 0.867. The van der Waals surface area contributed by atoms with Crippen molar-refractivity contribution >= 4 is 21.8 Å². The Hall–Kier alpha value is -0.870. The van der Waals surface area contributed by atoms with Crippen molar-refractivity contribution in [2.24, 2.45) is 5.92 Å². The van der Waals surface area contributed by atoms with Gasteiger partial charge in [-0.15, -0.1) is 0 Å². The average Bonchev–Trinajstić information content (AvgIpc) is 2.37. The van der Waals surface area contributed by atoms with E-state index in [9.17, 15) is 4.79 Å². The Morgan fingerprint density at radius 1 is 1.42 bits per heavy atom. The highest BCUT2D eigenvalue weighted by molar-refractivity contribution is 9.10. The summed E-state index contributed by atoms with van der Waals surface area (Å²) in [7, 11) is 0. The summed E-state index contributed by atoms with van der Waals surface area (Å²) < 4.78 is 6.37. The van der Waals surface area contributed by atoms with E-state index in [1.54, 1.807) is 0 Å². The van der Waals surface area contributed by atoms with Crippen molar-refractivity contribution in [2.75, 3.05) is 13.2 Å². The molecule has 106 valence electrons. The summed E-state index contributed by atoms with van der Waals surface area (Å²) in [5, 5.41) is 3.05. The van der Waals surface area contributed by atoms with Crippen molar-refractivity contribution in [2.45, 2.75) is 33.7 Å². The van der Waals surface area contributed by atoms with Crippen LogP contribution in [-0.2, 0) is 4.74 Å². The highest BCUT2D eigenvalue weighted by Crippen LogP contribution is 2.19. The van der Waals surface area contributed by atoms with E-state index in [1.165, 1.54) is 0 Å². The van der Waals surface area contributed by atoms with E-state index in [2.05, 4.69) is 35.1 Å². The Balaban J connectivity index is 2.79. The minimum absolute atomic E-state index is 0.0332. The van der Waals surface area contributed by atoms with Gasteiger partial charge in [-0.2, -0.15) is 0 Å². The lowest BCUT2D eigenvalue weighted by molar-refractivity contribution is 0.0805. The predicted molar refractivity (Wildman–Crippen MR) is 81.5 cm³/mol. The average molecular weight is 328 g/mol. The Labute approximate surface area is 123 Å². The maximum atomic E-state index is 12.3. The molecule has 0 aliphatic heterocycles. The van der Waals surface area contributed by atoms with Gasteiger partial charge in [-0.3, -0.25) is 4.79 Å². The van der Waals surface area contributed by atoms with E-state index in [0.29, 0.717) is 24.7 Å². The van der Waals surface area contributed by atoms with Crippen molar-refractivity contribution in [3.63, 3.8) is 0 Å². The summed E-state index contributed by atoms with van der Waals surface area (Å²) in [4.78, 5) is 12.3. The first-order valence-corrected chi connectivity index (χ1v) is 7.40. The third kappa shape index (κ3) is 4.62. The maximum Gasteiger partial charge on any atom is 0.251 e. The van der Waals surface area contributed by atoms with E-state index in [1.807, 2.05) is 32.0 Å². The molecule has 0 saturated carbocycles. The van der Waals surface area contributed by atoms with Gasteiger partial charge in [0.1, 0.15) is 0 Å². The normalized spacial score (nSPS) is 12.5. The van der Waals surface area contributed by atoms with Gasteiger partial charge >= 0.3 is 0 Å². The van der Waals surface area contributed by atoms with Crippen LogP contribution in [0.4, 0.5) is 0 Å². The number of halogens is 1. The SMILES string of the molecule is CCOCC(NC(=O)c1cccc(Br)c1C)C(C)C. The molecule has 0 saturated heterocycles. The Morgan fingerprint density at radius 2 is 2.11 bits per heavy atom. The second kappa shape index (κ2) is 7.65. The number of nitrogens with one attached hydrogen (secondary N) is 1. The lowest BCUT2D eigenvalue weighted by atomic mass is 10.0. The topological polar surface area (TPSA) is 38.3 Å². The number of carbonyl (C=O) groups excluding carboxylic acids is 1. The second-order valence-electron chi connectivity index (χ2n) is 4.90. The minimum atomic E-state index is -0.0443. The smallest absolute Gasteiger partial charge is 0.251 e. The van der Waals surface area contributed by atoms with E-state index in [0.717, 1.165) is 10.0 Å². The van der Waals surface area contributed by atoms with Crippen molar-refractivity contribution in [3.8, 4) is 0 Å². The molecule has 1 rings (SSSR count). The molecule has 19 heavy (non-hydrogen) atoms. The number of benzene rings is 1. The predicted octanol–water partition coefficient (Wildman–Crippen LogP) is 3.55. The molecular weight excluding hydrogens is 306 g/mol. The van der Waals surface area contributed by atoms with Crippen molar-refractivity contribution in [1.29, 1.82) is 0 Å². The van der Waals surface area contributed by atoms with E-state index < -0.39 is 0 Å². The van der Waals surface area contributed by atoms with Crippen LogP contribution < -0.4 is 5.32 Å². The molecule has 1 unspecified atom stereocenters. The summed E-state index contributed by atoms with van der Waals surface area (Å²) in [6, 6.07) is 5.68. The van der Waals surface area contributed by atoms with Gasteiger partial charge in [0.05, 0.1) is 12.6 Å². The first-order chi connectivity index (χ1) is 8.97. The fourth-order valence-electron chi connectivity index (χ4n) is 1.75. The van der Waals surface area contributed by atoms with Crippen LogP contribution >= 0.6 is 15.9 Å². The molecule has 1 aromatic rings. The lowest BCUT2D eigenvalue weighted by Gasteiger charge is -2.22. The fraction of sp³-hybridized carbons (Fsp3) is 0.533. The van der Waals surface area contributed by atoms with Crippen LogP contribution in [0.1, 0.15) is 36.7 Å². The zero-order chi connectivity index (χ0) is 14.4. The van der Waals surface area contributed by atoms with Crippen molar-refractivity contribution < 1.29 is 9.53 Å². The monoisotopic (exact) mass is 327 g/mol. The number of carbonyl (C=O) groups is 1. The fourth-order valence-corrected chi connectivity index (χ4v) is 2.11. The Kier molecular flexibility index (Phi) is 6.52. The second-order valence-corrected chi connectivity index (χ2v) is 5.75. The molecule has 0 aliphatic carbocycles. The van der Waals surface area contributed by atoms with E-state index in [4.69, 9.17) is 4.74 Å². The van der Waals surface area contributed by atoms with Gasteiger partial charge in [0.15, 0.2) is 0 Å². The van der Waals surface area contributed by atoms with Crippen LogP contribution in [0.25, 0.3) is 0 Å². The van der Waals surface area contributed by atoms with Crippen molar-refractivity contribution in [3.05, 3.63) is 33.8 Å². The third-order valence-corrected chi connectivity index (χ3v) is 3.99. The molecule has 0 fully saturated rings. The maximum absolute atomic E-state index is 12.3. The van der Waals surface area contributed by atoms with Crippen LogP contribution in [0.3, 0.4) is 0 Å². The number of amides is 1. The molecule has 4 heteroatoms. The molecule has 0 aromatic heterocycles. The van der Waals surface area contributed by atoms with Crippen LogP contribution in [0.5, 0.6) is 0 Å². The van der Waals surface area contributed by atoms with Crippen molar-refractivity contribution in [1.82, 2.24) is 5.32 Å². The number of hydrogen-bond donors (Lipinski definition) is 1. The number of rotatable bonds is 6. The van der Waals surface area contributed by atoms with Gasteiger partial charge in [0.2, 0.25) is 0 Å². The molecule has 0 radical (unpaired) electrons. The largest absolute Gasteiger partial charge is 0.380 e. The van der Waals surface area contributed by atoms with Gasteiger partial charge in [-0.1, -0.05) is 35.8 Å². The standard InChI is InChI=1S/C15H22BrNO2/c1-5-19-9-14(10(2)3)17-15(18)12-7-6-8-13(16)11(12)4/h6-8,10,14H,5,9H2,1-4H3,(H,17,18). The summed E-state index contributed by atoms with van der Waals surface area (Å²) in [5.41, 5.74) is 1.66. The molecule has 1 amide bonds. The highest BCUT2D eigenvalue weighted by atomic mass is 79.9. The van der Waals surface area contributed by atoms with Crippen LogP contribution in [-0.4, -0.2) is 25.2 Å². The highest BCUT2D eigenvalue weighted by Gasteiger charge is 2.18. The molecule has 3 nitrogen and oxygen atoms in total. The molecule has 0 heterocycles. The molecule has 0 bridgehead atoms. The first kappa shape index (κ1) is 16.2. The summed E-state index contributed by atoms with van der Waals surface area (Å²) >= 11 is 3.45. The van der Waals surface area contributed by atoms with Crippen LogP contribution in [0, 0.1) is 12.8 Å². The van der Waals surface area contributed by atoms with E-state index in [-0.39, 0.29) is 11.9 Å². The van der Waals surface area contributed by atoms with Gasteiger partial charge in [-0.05, 0) is 37.5 Å². The lowest BCUT2D eigenvalue weighted by Crippen LogP contribution is -2.42. The number of hydrogen-bond acceptors (Lipinski definition) is 2. The molecule has 0 aliphatic rings. The van der Waals surface area contributed by atoms with Crippen LogP contribution in [0.2, 0.25) is 0 Å². The van der Waals surface area contributed by atoms with Gasteiger partial charge in [0.25, 0.3) is 5.91 Å². The molecule has 1 atom stereocenters. The van der Waals surface area contributed by atoms with Crippen LogP contribution in [0.15, 0.2) is 22.7 Å². The first-order valence-electron chi connectivity index (χ1n) is 6.61. The summed E-state index contributed by atoms with van der Waals surface area (Å²) in [6.07, 6.45) is 0. The van der Waals surface area contributed by atoms with Gasteiger partial charge < -0.3 is 10.1 Å². The third-order valence-electron chi connectivity index (χ3n) is 3.14. The molecule has 1 N–H and O–H groups in total. The van der Waals surface area contributed by atoms with Gasteiger partial charge in [-0.25, -0.2) is 0 Å². The summed E-state index contributed by atoms with van der Waals surface area (Å²) in [6.45, 7) is 9.26. The molecule has 1 aromatic carbocycles. The Morgan fingerprint density at radius 3 is 2.68 bits per heavy atom. The van der Waals surface area contributed by atoms with Gasteiger partial charge in [0, 0.05) is 16.6 Å². The van der Waals surface area contributed by atoms with E-state index >= 15 is 0 Å².